The van der Waals surface area contributed by atoms with Crippen molar-refractivity contribution in [3.8, 4) is 0 Å². The molecule has 25 heavy (non-hydrogen) atoms. The molecule has 2 atom stereocenters. The highest BCUT2D eigenvalue weighted by molar-refractivity contribution is 5.42. The normalized spacial score (nSPS) is 13.3. The van der Waals surface area contributed by atoms with E-state index >= 15 is 0 Å². The summed E-state index contributed by atoms with van der Waals surface area (Å²) >= 11 is 0. The van der Waals surface area contributed by atoms with Crippen LogP contribution in [0.3, 0.4) is 0 Å². The Morgan fingerprint density at radius 3 is 2.24 bits per heavy atom. The quantitative estimate of drug-likeness (QED) is 0.474. The van der Waals surface area contributed by atoms with Gasteiger partial charge in [0.25, 0.3) is 0 Å². The fraction of sp³-hybridized carbons (Fsp3) is 0.360. The van der Waals surface area contributed by atoms with Crippen LogP contribution in [-0.4, -0.2) is 0 Å². The van der Waals surface area contributed by atoms with Crippen molar-refractivity contribution in [2.75, 3.05) is 0 Å². The number of allylic oxidation sites excluding steroid dienone is 2. The highest BCUT2D eigenvalue weighted by Gasteiger charge is 2.18. The molecule has 0 aliphatic rings. The van der Waals surface area contributed by atoms with E-state index in [0.717, 1.165) is 12.8 Å². The standard InChI is InChI=1S/C25H32/c1-17(2)24(16-23-11-9-8-10-12-23)15-20(5)22(7)25-14-18(3)13-19(4)21(25)6/h8-14,22,24H,1,5,15-16H2,2-4,6-7H3/t22?,24-/m0/s1. The second-order valence-corrected chi connectivity index (χ2v) is 7.61. The van der Waals surface area contributed by atoms with Gasteiger partial charge in [-0.15, -0.1) is 0 Å². The summed E-state index contributed by atoms with van der Waals surface area (Å²) in [5.41, 5.74) is 9.44. The van der Waals surface area contributed by atoms with E-state index in [-0.39, 0.29) is 0 Å². The van der Waals surface area contributed by atoms with Crippen molar-refractivity contribution in [3.63, 3.8) is 0 Å². The zero-order valence-electron chi connectivity index (χ0n) is 16.5. The summed E-state index contributed by atoms with van der Waals surface area (Å²) in [6.07, 6.45) is 2.03. The van der Waals surface area contributed by atoms with Crippen molar-refractivity contribution in [1.29, 1.82) is 0 Å². The molecule has 0 heteroatoms. The molecule has 0 saturated carbocycles. The molecule has 0 fully saturated rings. The van der Waals surface area contributed by atoms with Crippen LogP contribution < -0.4 is 0 Å². The Balaban J connectivity index is 2.17. The number of aryl methyl sites for hydroxylation is 2. The molecule has 0 amide bonds. The lowest BCUT2D eigenvalue weighted by molar-refractivity contribution is 0.584. The number of hydrogen-bond donors (Lipinski definition) is 0. The molecule has 0 aromatic heterocycles. The lowest BCUT2D eigenvalue weighted by Gasteiger charge is -2.24. The largest absolute Gasteiger partial charge is 0.0998 e. The zero-order valence-corrected chi connectivity index (χ0v) is 16.5. The van der Waals surface area contributed by atoms with Gasteiger partial charge < -0.3 is 0 Å². The summed E-state index contributed by atoms with van der Waals surface area (Å²) in [7, 11) is 0. The van der Waals surface area contributed by atoms with Gasteiger partial charge in [-0.25, -0.2) is 0 Å². The Labute approximate surface area is 154 Å². The summed E-state index contributed by atoms with van der Waals surface area (Å²) in [5, 5.41) is 0. The molecule has 132 valence electrons. The van der Waals surface area contributed by atoms with E-state index in [1.807, 2.05) is 0 Å². The van der Waals surface area contributed by atoms with Crippen LogP contribution in [0.4, 0.5) is 0 Å². The molecule has 0 spiro atoms. The van der Waals surface area contributed by atoms with Crippen molar-refractivity contribution >= 4 is 0 Å². The first-order chi connectivity index (χ1) is 11.8. The van der Waals surface area contributed by atoms with E-state index in [9.17, 15) is 0 Å². The number of rotatable bonds is 7. The van der Waals surface area contributed by atoms with Crippen molar-refractivity contribution in [3.05, 3.63) is 94.6 Å². The Morgan fingerprint density at radius 2 is 1.64 bits per heavy atom. The van der Waals surface area contributed by atoms with Crippen LogP contribution in [0, 0.1) is 26.7 Å². The average Bonchev–Trinajstić information content (AvgIpc) is 2.57. The van der Waals surface area contributed by atoms with E-state index in [4.69, 9.17) is 0 Å². The maximum Gasteiger partial charge on any atom is 0.00201 e. The topological polar surface area (TPSA) is 0 Å². The van der Waals surface area contributed by atoms with Gasteiger partial charge in [0, 0.05) is 5.92 Å². The molecule has 0 N–H and O–H groups in total. The number of benzene rings is 2. The lowest BCUT2D eigenvalue weighted by atomic mass is 9.81. The molecule has 0 nitrogen and oxygen atoms in total. The molecular formula is C25H32. The van der Waals surface area contributed by atoms with Crippen LogP contribution in [0.5, 0.6) is 0 Å². The minimum atomic E-state index is 0.372. The van der Waals surface area contributed by atoms with Crippen molar-refractivity contribution < 1.29 is 0 Å². The smallest absolute Gasteiger partial charge is 0.00201 e. The van der Waals surface area contributed by atoms with Gasteiger partial charge >= 0.3 is 0 Å². The van der Waals surface area contributed by atoms with Gasteiger partial charge in [-0.05, 0) is 68.7 Å². The highest BCUT2D eigenvalue weighted by Crippen LogP contribution is 2.34. The highest BCUT2D eigenvalue weighted by atomic mass is 14.2. The maximum atomic E-state index is 4.45. The molecule has 0 bridgehead atoms. The van der Waals surface area contributed by atoms with Crippen LogP contribution in [0.1, 0.15) is 54.0 Å². The summed E-state index contributed by atoms with van der Waals surface area (Å²) in [6.45, 7) is 19.7. The van der Waals surface area contributed by atoms with E-state index in [1.165, 1.54) is 39.0 Å². The first-order valence-electron chi connectivity index (χ1n) is 9.24. The molecule has 2 aromatic carbocycles. The molecular weight excluding hydrogens is 300 g/mol. The predicted molar refractivity (Wildman–Crippen MR) is 111 cm³/mol. The third kappa shape index (κ3) is 4.95. The zero-order chi connectivity index (χ0) is 18.6. The minimum Gasteiger partial charge on any atom is -0.0998 e. The second-order valence-electron chi connectivity index (χ2n) is 7.61. The average molecular weight is 333 g/mol. The molecule has 2 rings (SSSR count). The van der Waals surface area contributed by atoms with Gasteiger partial charge in [-0.3, -0.25) is 0 Å². The van der Waals surface area contributed by atoms with Gasteiger partial charge in [0.1, 0.15) is 0 Å². The first kappa shape index (κ1) is 19.2. The van der Waals surface area contributed by atoms with E-state index in [2.05, 4.69) is 90.2 Å². The molecule has 0 heterocycles. The van der Waals surface area contributed by atoms with Crippen LogP contribution in [-0.2, 0) is 6.42 Å². The van der Waals surface area contributed by atoms with Crippen LogP contribution in [0.25, 0.3) is 0 Å². The summed E-state index contributed by atoms with van der Waals surface area (Å²) in [5.74, 6) is 0.819. The molecule has 0 aliphatic carbocycles. The third-order valence-corrected chi connectivity index (χ3v) is 5.46. The molecule has 0 aliphatic heterocycles. The monoisotopic (exact) mass is 332 g/mol. The Bertz CT molecular complexity index is 749. The van der Waals surface area contributed by atoms with Crippen LogP contribution in [0.15, 0.2) is 66.8 Å². The maximum absolute atomic E-state index is 4.45. The van der Waals surface area contributed by atoms with Crippen molar-refractivity contribution in [2.24, 2.45) is 5.92 Å². The molecule has 1 unspecified atom stereocenters. The predicted octanol–water partition coefficient (Wildman–Crippen LogP) is 7.10. The van der Waals surface area contributed by atoms with Gasteiger partial charge in [0.15, 0.2) is 0 Å². The summed E-state index contributed by atoms with van der Waals surface area (Å²) < 4.78 is 0. The van der Waals surface area contributed by atoms with E-state index < -0.39 is 0 Å². The fourth-order valence-electron chi connectivity index (χ4n) is 3.55. The fourth-order valence-corrected chi connectivity index (χ4v) is 3.55. The Morgan fingerprint density at radius 1 is 1.00 bits per heavy atom. The van der Waals surface area contributed by atoms with Gasteiger partial charge in [-0.2, -0.15) is 0 Å². The van der Waals surface area contributed by atoms with Crippen molar-refractivity contribution in [1.82, 2.24) is 0 Å². The van der Waals surface area contributed by atoms with E-state index in [1.54, 1.807) is 0 Å². The number of hydrogen-bond acceptors (Lipinski definition) is 0. The minimum absolute atomic E-state index is 0.372. The van der Waals surface area contributed by atoms with Gasteiger partial charge in [-0.1, -0.05) is 79.3 Å². The third-order valence-electron chi connectivity index (χ3n) is 5.46. The Hall–Kier alpha value is -2.08. The molecule has 2 aromatic rings. The van der Waals surface area contributed by atoms with Gasteiger partial charge in [0.2, 0.25) is 0 Å². The SMILES string of the molecule is C=C(C[C@@H](Cc1ccccc1)C(=C)C)C(C)c1cc(C)cc(C)c1C. The second kappa shape index (κ2) is 8.34. The summed E-state index contributed by atoms with van der Waals surface area (Å²) in [6, 6.07) is 15.3. The van der Waals surface area contributed by atoms with Crippen molar-refractivity contribution in [2.45, 2.75) is 53.4 Å². The Kier molecular flexibility index (Phi) is 6.42. The van der Waals surface area contributed by atoms with Crippen LogP contribution in [0.2, 0.25) is 0 Å². The van der Waals surface area contributed by atoms with E-state index in [0.29, 0.717) is 11.8 Å². The molecule has 0 radical (unpaired) electrons. The summed E-state index contributed by atoms with van der Waals surface area (Å²) in [4.78, 5) is 0. The lowest BCUT2D eigenvalue weighted by Crippen LogP contribution is -2.11. The molecule has 0 saturated heterocycles. The van der Waals surface area contributed by atoms with Gasteiger partial charge in [0.05, 0.1) is 0 Å². The van der Waals surface area contributed by atoms with Crippen LogP contribution >= 0.6 is 0 Å². The first-order valence-corrected chi connectivity index (χ1v) is 9.24.